The van der Waals surface area contributed by atoms with Gasteiger partial charge in [-0.2, -0.15) is 0 Å². The minimum absolute atomic E-state index is 0.200. The van der Waals surface area contributed by atoms with Crippen LogP contribution in [0.15, 0.2) is 34.9 Å². The third-order valence-corrected chi connectivity index (χ3v) is 4.31. The smallest absolute Gasteiger partial charge is 0.156 e. The van der Waals surface area contributed by atoms with Crippen molar-refractivity contribution in [1.82, 2.24) is 4.98 Å². The van der Waals surface area contributed by atoms with Crippen molar-refractivity contribution < 1.29 is 4.74 Å². The Bertz CT molecular complexity index is 648. The van der Waals surface area contributed by atoms with E-state index in [9.17, 15) is 0 Å². The highest BCUT2D eigenvalue weighted by atomic mass is 79.9. The Hall–Kier alpha value is -1.26. The number of pyridine rings is 1. The molecule has 0 amide bonds. The van der Waals surface area contributed by atoms with E-state index in [4.69, 9.17) is 16.3 Å². The van der Waals surface area contributed by atoms with Crippen LogP contribution in [0.2, 0.25) is 5.02 Å². The molecule has 1 aromatic carbocycles. The molecular weight excluding hydrogens is 340 g/mol. The fraction of sp³-hybridized carbons (Fsp3) is 0.267. The minimum atomic E-state index is 0.200. The van der Waals surface area contributed by atoms with Crippen LogP contribution in [0.5, 0.6) is 5.75 Å². The number of hydrogen-bond donors (Lipinski definition) is 1. The van der Waals surface area contributed by atoms with E-state index in [1.165, 1.54) is 5.56 Å². The van der Waals surface area contributed by atoms with Gasteiger partial charge in [-0.15, -0.1) is 0 Å². The van der Waals surface area contributed by atoms with Gasteiger partial charge in [0.15, 0.2) is 5.75 Å². The first kappa shape index (κ1) is 13.7. The summed E-state index contributed by atoms with van der Waals surface area (Å²) in [6, 6.07) is 8.02. The van der Waals surface area contributed by atoms with Crippen LogP contribution in [0.25, 0.3) is 0 Å². The number of hydrogen-bond acceptors (Lipinski definition) is 3. The standard InChI is InChI=1S/C15H14BrClN2O/c1-20-15-11(16)7-10(17)8-13(15)19-12-5-4-9-3-2-6-18-14(9)12/h2-3,6-8,12,19H,4-5H2,1H3. The number of methoxy groups -OCH3 is 1. The number of fused-ring (bicyclic) bond motifs is 1. The van der Waals surface area contributed by atoms with Crippen molar-refractivity contribution in [3.05, 3.63) is 51.2 Å². The minimum Gasteiger partial charge on any atom is -0.493 e. The second kappa shape index (κ2) is 5.62. The van der Waals surface area contributed by atoms with E-state index in [1.807, 2.05) is 24.4 Å². The van der Waals surface area contributed by atoms with Crippen LogP contribution in [-0.4, -0.2) is 12.1 Å². The van der Waals surface area contributed by atoms with Crippen LogP contribution in [0, 0.1) is 0 Å². The van der Waals surface area contributed by atoms with Crippen molar-refractivity contribution in [3.63, 3.8) is 0 Å². The lowest BCUT2D eigenvalue weighted by atomic mass is 10.2. The van der Waals surface area contributed by atoms with Gasteiger partial charge < -0.3 is 10.1 Å². The van der Waals surface area contributed by atoms with E-state index >= 15 is 0 Å². The highest BCUT2D eigenvalue weighted by molar-refractivity contribution is 9.10. The van der Waals surface area contributed by atoms with Crippen molar-refractivity contribution in [2.24, 2.45) is 0 Å². The molecule has 1 heterocycles. The third-order valence-electron chi connectivity index (χ3n) is 3.50. The zero-order chi connectivity index (χ0) is 14.1. The molecule has 0 fully saturated rings. The summed E-state index contributed by atoms with van der Waals surface area (Å²) in [6.07, 6.45) is 3.91. The number of benzene rings is 1. The fourth-order valence-corrected chi connectivity index (χ4v) is 3.59. The molecule has 1 aliphatic carbocycles. The number of halogens is 2. The van der Waals surface area contributed by atoms with Gasteiger partial charge in [0, 0.05) is 11.2 Å². The number of nitrogens with one attached hydrogen (secondary N) is 1. The van der Waals surface area contributed by atoms with Crippen LogP contribution in [0.3, 0.4) is 0 Å². The molecule has 104 valence electrons. The maximum Gasteiger partial charge on any atom is 0.156 e. The summed E-state index contributed by atoms with van der Waals surface area (Å²) in [4.78, 5) is 4.49. The van der Waals surface area contributed by atoms with E-state index in [2.05, 4.69) is 32.3 Å². The second-order valence-electron chi connectivity index (χ2n) is 4.75. The SMILES string of the molecule is COc1c(Br)cc(Cl)cc1NC1CCc2cccnc21. The molecule has 5 heteroatoms. The molecule has 1 unspecified atom stereocenters. The van der Waals surface area contributed by atoms with Gasteiger partial charge in [0.25, 0.3) is 0 Å². The Balaban J connectivity index is 1.93. The molecule has 3 nitrogen and oxygen atoms in total. The van der Waals surface area contributed by atoms with E-state index in [0.717, 1.165) is 34.4 Å². The van der Waals surface area contributed by atoms with Gasteiger partial charge >= 0.3 is 0 Å². The summed E-state index contributed by atoms with van der Waals surface area (Å²) in [5, 5.41) is 4.16. The Labute approximate surface area is 131 Å². The maximum atomic E-state index is 6.12. The first-order chi connectivity index (χ1) is 9.69. The molecule has 0 saturated carbocycles. The van der Waals surface area contributed by atoms with Crippen LogP contribution in [-0.2, 0) is 6.42 Å². The molecule has 20 heavy (non-hydrogen) atoms. The van der Waals surface area contributed by atoms with Gasteiger partial charge in [0.1, 0.15) is 0 Å². The first-order valence-corrected chi connectivity index (χ1v) is 7.59. The lowest BCUT2D eigenvalue weighted by Gasteiger charge is -2.18. The maximum absolute atomic E-state index is 6.12. The van der Waals surface area contributed by atoms with E-state index in [1.54, 1.807) is 7.11 Å². The zero-order valence-corrected chi connectivity index (χ0v) is 13.3. The summed E-state index contributed by atoms with van der Waals surface area (Å²) < 4.78 is 6.28. The highest BCUT2D eigenvalue weighted by Gasteiger charge is 2.24. The Morgan fingerprint density at radius 3 is 3.10 bits per heavy atom. The van der Waals surface area contributed by atoms with Gasteiger partial charge in [-0.25, -0.2) is 0 Å². The van der Waals surface area contributed by atoms with Crippen LogP contribution < -0.4 is 10.1 Å². The molecule has 1 atom stereocenters. The molecule has 3 rings (SSSR count). The summed E-state index contributed by atoms with van der Waals surface area (Å²) in [7, 11) is 1.65. The number of ether oxygens (including phenoxy) is 1. The van der Waals surface area contributed by atoms with E-state index in [0.29, 0.717) is 5.02 Å². The number of aromatic nitrogens is 1. The summed E-state index contributed by atoms with van der Waals surface area (Å²) >= 11 is 9.60. The lowest BCUT2D eigenvalue weighted by molar-refractivity contribution is 0.413. The zero-order valence-electron chi connectivity index (χ0n) is 11.0. The molecule has 0 aliphatic heterocycles. The van der Waals surface area contributed by atoms with Crippen molar-refractivity contribution >= 4 is 33.2 Å². The largest absolute Gasteiger partial charge is 0.493 e. The molecular formula is C15H14BrClN2O. The quantitative estimate of drug-likeness (QED) is 0.875. The van der Waals surface area contributed by atoms with E-state index < -0.39 is 0 Å². The van der Waals surface area contributed by atoms with Crippen molar-refractivity contribution in [2.75, 3.05) is 12.4 Å². The topological polar surface area (TPSA) is 34.1 Å². The molecule has 1 aromatic heterocycles. The predicted octanol–water partition coefficient (Wildman–Crippen LogP) is 4.61. The normalized spacial score (nSPS) is 16.9. The third kappa shape index (κ3) is 2.50. The molecule has 0 spiro atoms. The van der Waals surface area contributed by atoms with Crippen LogP contribution in [0.4, 0.5) is 5.69 Å². The summed E-state index contributed by atoms with van der Waals surface area (Å²) in [5.41, 5.74) is 3.31. The fourth-order valence-electron chi connectivity index (χ4n) is 2.62. The van der Waals surface area contributed by atoms with Crippen LogP contribution in [0.1, 0.15) is 23.7 Å². The van der Waals surface area contributed by atoms with Crippen molar-refractivity contribution in [3.8, 4) is 5.75 Å². The van der Waals surface area contributed by atoms with Gasteiger partial charge in [-0.3, -0.25) is 4.98 Å². The van der Waals surface area contributed by atoms with Gasteiger partial charge in [0.2, 0.25) is 0 Å². The highest BCUT2D eigenvalue weighted by Crippen LogP contribution is 2.40. The summed E-state index contributed by atoms with van der Waals surface area (Å²) in [6.45, 7) is 0. The Morgan fingerprint density at radius 1 is 1.45 bits per heavy atom. The molecule has 0 saturated heterocycles. The van der Waals surface area contributed by atoms with Crippen molar-refractivity contribution in [1.29, 1.82) is 0 Å². The summed E-state index contributed by atoms with van der Waals surface area (Å²) in [5.74, 6) is 0.763. The monoisotopic (exact) mass is 352 g/mol. The van der Waals surface area contributed by atoms with Crippen molar-refractivity contribution in [2.45, 2.75) is 18.9 Å². The Morgan fingerprint density at radius 2 is 2.30 bits per heavy atom. The second-order valence-corrected chi connectivity index (χ2v) is 6.04. The lowest BCUT2D eigenvalue weighted by Crippen LogP contribution is -2.09. The number of rotatable bonds is 3. The van der Waals surface area contributed by atoms with Gasteiger partial charge in [-0.1, -0.05) is 17.7 Å². The molecule has 0 bridgehead atoms. The average Bonchev–Trinajstić information content (AvgIpc) is 2.82. The first-order valence-electron chi connectivity index (χ1n) is 6.42. The Kier molecular flexibility index (Phi) is 3.85. The molecule has 2 aromatic rings. The van der Waals surface area contributed by atoms with Crippen LogP contribution >= 0.6 is 27.5 Å². The average molecular weight is 354 g/mol. The van der Waals surface area contributed by atoms with E-state index in [-0.39, 0.29) is 6.04 Å². The van der Waals surface area contributed by atoms with Gasteiger partial charge in [0.05, 0.1) is 29.0 Å². The number of aryl methyl sites for hydroxylation is 1. The molecule has 1 aliphatic rings. The predicted molar refractivity (Wildman–Crippen MR) is 84.6 cm³/mol. The van der Waals surface area contributed by atoms with Gasteiger partial charge in [-0.05, 0) is 52.5 Å². The number of anilines is 1. The molecule has 0 radical (unpaired) electrons. The number of nitrogens with zero attached hydrogens (tertiary/aromatic N) is 1. The molecule has 1 N–H and O–H groups in total.